The number of nitrogens with two attached hydrogens (primary N) is 1. The summed E-state index contributed by atoms with van der Waals surface area (Å²) < 4.78 is 42.0. The van der Waals surface area contributed by atoms with Gasteiger partial charge in [-0.25, -0.2) is 0 Å². The summed E-state index contributed by atoms with van der Waals surface area (Å²) in [7, 11) is 1.55. The van der Waals surface area contributed by atoms with Crippen molar-refractivity contribution in [3.05, 3.63) is 12.1 Å². The molecule has 0 fully saturated rings. The lowest BCUT2D eigenvalue weighted by Gasteiger charge is -2.20. The summed E-state index contributed by atoms with van der Waals surface area (Å²) in [6.45, 7) is 4.25. The molecule has 0 saturated carbocycles. The fraction of sp³-hybridized carbons (Fsp3) is 0.615. The summed E-state index contributed by atoms with van der Waals surface area (Å²) in [5.74, 6) is 0.972. The lowest BCUT2D eigenvalue weighted by atomic mass is 10.2. The number of pyridine rings is 1. The van der Waals surface area contributed by atoms with Crippen LogP contribution in [-0.2, 0) is 0 Å². The van der Waals surface area contributed by atoms with Gasteiger partial charge in [0, 0.05) is 13.6 Å². The third-order valence-electron chi connectivity index (χ3n) is 2.55. The van der Waals surface area contributed by atoms with Crippen LogP contribution >= 0.6 is 0 Å². The van der Waals surface area contributed by atoms with Crippen LogP contribution in [0, 0.1) is 5.92 Å². The van der Waals surface area contributed by atoms with Crippen LogP contribution < -0.4 is 15.4 Å². The first-order valence-electron chi connectivity index (χ1n) is 6.36. The number of aromatic nitrogens is 1. The summed E-state index contributed by atoms with van der Waals surface area (Å²) >= 11 is 0. The van der Waals surface area contributed by atoms with Gasteiger partial charge < -0.3 is 15.4 Å². The fourth-order valence-corrected chi connectivity index (χ4v) is 1.42. The SMILES string of the molecule is CC(C)COc1nc(N(C)CCC(F)(F)F)ccc1N. The van der Waals surface area contributed by atoms with Crippen molar-refractivity contribution < 1.29 is 17.9 Å². The van der Waals surface area contributed by atoms with Crippen molar-refractivity contribution in [2.75, 3.05) is 30.8 Å². The predicted octanol–water partition coefficient (Wildman–Crippen LogP) is 3.09. The first kappa shape index (κ1) is 16.4. The van der Waals surface area contributed by atoms with Gasteiger partial charge in [0.05, 0.1) is 18.7 Å². The maximum atomic E-state index is 12.2. The van der Waals surface area contributed by atoms with E-state index in [-0.39, 0.29) is 12.4 Å². The molecular weight excluding hydrogens is 271 g/mol. The molecule has 0 unspecified atom stereocenters. The normalized spacial score (nSPS) is 11.8. The largest absolute Gasteiger partial charge is 0.476 e. The third kappa shape index (κ3) is 5.54. The summed E-state index contributed by atoms with van der Waals surface area (Å²) in [6, 6.07) is 3.16. The lowest BCUT2D eigenvalue weighted by molar-refractivity contribution is -0.132. The van der Waals surface area contributed by atoms with E-state index >= 15 is 0 Å². The molecule has 114 valence electrons. The standard InChI is InChI=1S/C13H20F3N3O/c1-9(2)8-20-12-10(17)4-5-11(18-12)19(3)7-6-13(14,15)16/h4-5,9H,6-8,17H2,1-3H3. The maximum absolute atomic E-state index is 12.2. The zero-order valence-corrected chi connectivity index (χ0v) is 11.9. The highest BCUT2D eigenvalue weighted by atomic mass is 19.4. The first-order chi connectivity index (χ1) is 9.19. The molecule has 0 aliphatic rings. The Morgan fingerprint density at radius 3 is 2.55 bits per heavy atom. The molecule has 20 heavy (non-hydrogen) atoms. The Morgan fingerprint density at radius 2 is 2.00 bits per heavy atom. The molecule has 7 heteroatoms. The number of hydrogen-bond donors (Lipinski definition) is 1. The molecule has 0 bridgehead atoms. The first-order valence-corrected chi connectivity index (χ1v) is 6.36. The van der Waals surface area contributed by atoms with Gasteiger partial charge in [0.25, 0.3) is 0 Å². The minimum atomic E-state index is -4.18. The molecule has 0 spiro atoms. The highest BCUT2D eigenvalue weighted by Crippen LogP contribution is 2.25. The van der Waals surface area contributed by atoms with Gasteiger partial charge >= 0.3 is 6.18 Å². The summed E-state index contributed by atoms with van der Waals surface area (Å²) in [4.78, 5) is 5.58. The van der Waals surface area contributed by atoms with Crippen LogP contribution in [0.1, 0.15) is 20.3 Å². The number of nitrogen functional groups attached to an aromatic ring is 1. The molecule has 1 rings (SSSR count). The Balaban J connectivity index is 2.73. The molecule has 1 aromatic heterocycles. The number of hydrogen-bond acceptors (Lipinski definition) is 4. The van der Waals surface area contributed by atoms with E-state index in [4.69, 9.17) is 10.5 Å². The van der Waals surface area contributed by atoms with Gasteiger partial charge in [0.15, 0.2) is 0 Å². The van der Waals surface area contributed by atoms with E-state index in [2.05, 4.69) is 4.98 Å². The topological polar surface area (TPSA) is 51.4 Å². The molecule has 1 heterocycles. The molecular formula is C13H20F3N3O. The molecule has 0 aromatic carbocycles. The van der Waals surface area contributed by atoms with Crippen LogP contribution in [0.3, 0.4) is 0 Å². The fourth-order valence-electron chi connectivity index (χ4n) is 1.42. The Hall–Kier alpha value is -1.66. The van der Waals surface area contributed by atoms with Crippen molar-refractivity contribution in [1.82, 2.24) is 4.98 Å². The Morgan fingerprint density at radius 1 is 1.35 bits per heavy atom. The second-order valence-corrected chi connectivity index (χ2v) is 5.06. The van der Waals surface area contributed by atoms with Crippen LogP contribution in [0.5, 0.6) is 5.88 Å². The van der Waals surface area contributed by atoms with Gasteiger partial charge in [0.2, 0.25) is 5.88 Å². The van der Waals surface area contributed by atoms with Crippen molar-refractivity contribution >= 4 is 11.5 Å². The molecule has 0 aliphatic heterocycles. The second-order valence-electron chi connectivity index (χ2n) is 5.06. The molecule has 0 atom stereocenters. The number of ether oxygens (including phenoxy) is 1. The van der Waals surface area contributed by atoms with Gasteiger partial charge in [-0.05, 0) is 18.1 Å². The summed E-state index contributed by atoms with van der Waals surface area (Å²) in [5, 5.41) is 0. The number of alkyl halides is 3. The highest BCUT2D eigenvalue weighted by molar-refractivity contribution is 5.54. The molecule has 4 nitrogen and oxygen atoms in total. The van der Waals surface area contributed by atoms with Gasteiger partial charge in [-0.15, -0.1) is 0 Å². The highest BCUT2D eigenvalue weighted by Gasteiger charge is 2.27. The lowest BCUT2D eigenvalue weighted by Crippen LogP contribution is -2.25. The van der Waals surface area contributed by atoms with Crippen LogP contribution in [-0.4, -0.2) is 31.4 Å². The zero-order chi connectivity index (χ0) is 15.3. The van der Waals surface area contributed by atoms with Crippen molar-refractivity contribution in [2.45, 2.75) is 26.4 Å². The average Bonchev–Trinajstić information content (AvgIpc) is 2.34. The van der Waals surface area contributed by atoms with E-state index in [0.717, 1.165) is 0 Å². The minimum Gasteiger partial charge on any atom is -0.476 e. The number of anilines is 2. The van der Waals surface area contributed by atoms with Crippen LogP contribution in [0.2, 0.25) is 0 Å². The summed E-state index contributed by atoms with van der Waals surface area (Å²) in [6.07, 6.45) is -5.07. The van der Waals surface area contributed by atoms with Crippen LogP contribution in [0.25, 0.3) is 0 Å². The smallest absolute Gasteiger partial charge is 0.390 e. The van der Waals surface area contributed by atoms with Crippen molar-refractivity contribution in [3.63, 3.8) is 0 Å². The van der Waals surface area contributed by atoms with Gasteiger partial charge in [0.1, 0.15) is 5.82 Å². The molecule has 0 radical (unpaired) electrons. The number of halogens is 3. The minimum absolute atomic E-state index is 0.163. The Bertz CT molecular complexity index is 435. The summed E-state index contributed by atoms with van der Waals surface area (Å²) in [5.41, 5.74) is 6.11. The Kier molecular flexibility index (Phi) is 5.47. The third-order valence-corrected chi connectivity index (χ3v) is 2.55. The molecule has 0 amide bonds. The van der Waals surface area contributed by atoms with E-state index in [1.165, 1.54) is 4.90 Å². The van der Waals surface area contributed by atoms with Crippen molar-refractivity contribution in [3.8, 4) is 5.88 Å². The second kappa shape index (κ2) is 6.67. The van der Waals surface area contributed by atoms with Crippen molar-refractivity contribution in [2.24, 2.45) is 5.92 Å². The number of nitrogens with zero attached hydrogens (tertiary/aromatic N) is 2. The molecule has 2 N–H and O–H groups in total. The molecule has 1 aromatic rings. The average molecular weight is 291 g/mol. The number of rotatable bonds is 6. The predicted molar refractivity (Wildman–Crippen MR) is 72.9 cm³/mol. The zero-order valence-electron chi connectivity index (χ0n) is 11.9. The Labute approximate surface area is 116 Å². The van der Waals surface area contributed by atoms with Gasteiger partial charge in [-0.2, -0.15) is 18.2 Å². The van der Waals surface area contributed by atoms with Crippen LogP contribution in [0.4, 0.5) is 24.7 Å². The van der Waals surface area contributed by atoms with E-state index in [0.29, 0.717) is 24.0 Å². The van der Waals surface area contributed by atoms with E-state index in [1.54, 1.807) is 19.2 Å². The van der Waals surface area contributed by atoms with Gasteiger partial charge in [-0.3, -0.25) is 0 Å². The molecule has 0 saturated heterocycles. The quantitative estimate of drug-likeness (QED) is 0.875. The monoisotopic (exact) mass is 291 g/mol. The van der Waals surface area contributed by atoms with E-state index < -0.39 is 12.6 Å². The van der Waals surface area contributed by atoms with E-state index in [9.17, 15) is 13.2 Å². The van der Waals surface area contributed by atoms with Crippen molar-refractivity contribution in [1.29, 1.82) is 0 Å². The van der Waals surface area contributed by atoms with E-state index in [1.807, 2.05) is 13.8 Å². The molecule has 0 aliphatic carbocycles. The maximum Gasteiger partial charge on any atom is 0.390 e. The van der Waals surface area contributed by atoms with Crippen LogP contribution in [0.15, 0.2) is 12.1 Å². The van der Waals surface area contributed by atoms with Gasteiger partial charge in [-0.1, -0.05) is 13.8 Å².